The first-order valence-electron chi connectivity index (χ1n) is 5.23. The molecule has 0 saturated heterocycles. The van der Waals surface area contributed by atoms with Crippen LogP contribution in [0.5, 0.6) is 0 Å². The number of nitrogens with one attached hydrogen (secondary N) is 1. The van der Waals surface area contributed by atoms with Gasteiger partial charge in [0.25, 0.3) is 0 Å². The van der Waals surface area contributed by atoms with Crippen LogP contribution in [0, 0.1) is 12.7 Å². The van der Waals surface area contributed by atoms with E-state index in [4.69, 9.17) is 4.74 Å². The van der Waals surface area contributed by atoms with Gasteiger partial charge in [-0.25, -0.2) is 4.39 Å². The van der Waals surface area contributed by atoms with Crippen molar-refractivity contribution < 1.29 is 9.13 Å². The molecule has 0 unspecified atom stereocenters. The van der Waals surface area contributed by atoms with Gasteiger partial charge >= 0.3 is 0 Å². The number of hydrogen-bond donors (Lipinski definition) is 1. The smallest absolute Gasteiger partial charge is 0.125 e. The van der Waals surface area contributed by atoms with E-state index in [-0.39, 0.29) is 5.82 Å². The first kappa shape index (κ1) is 13.9. The van der Waals surface area contributed by atoms with Crippen LogP contribution in [0.4, 0.5) is 10.1 Å². The summed E-state index contributed by atoms with van der Waals surface area (Å²) < 4.78 is 17.7. The van der Waals surface area contributed by atoms with E-state index in [1.807, 2.05) is 20.8 Å². The molecular weight excluding hydrogens is 193 g/mol. The molecule has 2 nitrogen and oxygen atoms in total. The van der Waals surface area contributed by atoms with Gasteiger partial charge in [-0.1, -0.05) is 19.9 Å². The average Bonchev–Trinajstić information content (AvgIpc) is 2.26. The summed E-state index contributed by atoms with van der Waals surface area (Å²) in [5.41, 5.74) is 1.87. The van der Waals surface area contributed by atoms with Gasteiger partial charge in [0.15, 0.2) is 0 Å². The van der Waals surface area contributed by atoms with Gasteiger partial charge in [-0.15, -0.1) is 0 Å². The van der Waals surface area contributed by atoms with Crippen LogP contribution in [0.1, 0.15) is 19.4 Å². The van der Waals surface area contributed by atoms with Gasteiger partial charge in [0, 0.05) is 19.3 Å². The van der Waals surface area contributed by atoms with Crippen LogP contribution in [0.15, 0.2) is 18.2 Å². The minimum absolute atomic E-state index is 0.217. The predicted molar refractivity (Wildman–Crippen MR) is 62.9 cm³/mol. The SMILES string of the molecule is CC.COCCNc1cc(F)ccc1C. The summed E-state index contributed by atoms with van der Waals surface area (Å²) in [5, 5.41) is 3.09. The minimum Gasteiger partial charge on any atom is -0.383 e. The van der Waals surface area contributed by atoms with Crippen molar-refractivity contribution in [3.05, 3.63) is 29.6 Å². The Hall–Kier alpha value is -1.09. The van der Waals surface area contributed by atoms with Crippen molar-refractivity contribution in [2.24, 2.45) is 0 Å². The maximum absolute atomic E-state index is 12.8. The van der Waals surface area contributed by atoms with Gasteiger partial charge in [0.2, 0.25) is 0 Å². The van der Waals surface area contributed by atoms with Crippen molar-refractivity contribution in [1.29, 1.82) is 0 Å². The van der Waals surface area contributed by atoms with E-state index in [1.54, 1.807) is 13.2 Å². The van der Waals surface area contributed by atoms with Gasteiger partial charge < -0.3 is 10.1 Å². The van der Waals surface area contributed by atoms with Crippen LogP contribution in [0.3, 0.4) is 0 Å². The number of anilines is 1. The Bertz CT molecular complexity index is 276. The minimum atomic E-state index is -0.217. The zero-order valence-corrected chi connectivity index (χ0v) is 9.93. The quantitative estimate of drug-likeness (QED) is 0.775. The number of aryl methyl sites for hydroxylation is 1. The Kier molecular flexibility index (Phi) is 7.64. The van der Waals surface area contributed by atoms with E-state index in [1.165, 1.54) is 12.1 Å². The number of benzene rings is 1. The van der Waals surface area contributed by atoms with Gasteiger partial charge in [-0.3, -0.25) is 0 Å². The molecule has 0 aromatic heterocycles. The Labute approximate surface area is 91.5 Å². The summed E-state index contributed by atoms with van der Waals surface area (Å²) in [7, 11) is 1.64. The molecular formula is C12H20FNO. The third-order valence-electron chi connectivity index (χ3n) is 1.82. The van der Waals surface area contributed by atoms with E-state index in [9.17, 15) is 4.39 Å². The molecule has 0 spiro atoms. The van der Waals surface area contributed by atoms with Gasteiger partial charge in [0.1, 0.15) is 5.82 Å². The number of rotatable bonds is 4. The molecule has 0 bridgehead atoms. The highest BCUT2D eigenvalue weighted by molar-refractivity contribution is 5.50. The molecule has 1 aromatic rings. The summed E-state index contributed by atoms with van der Waals surface area (Å²) in [6.45, 7) is 7.26. The molecule has 0 radical (unpaired) electrons. The third kappa shape index (κ3) is 5.37. The molecule has 1 N–H and O–H groups in total. The van der Waals surface area contributed by atoms with Crippen molar-refractivity contribution >= 4 is 5.69 Å². The second-order valence-electron chi connectivity index (χ2n) is 2.88. The van der Waals surface area contributed by atoms with Gasteiger partial charge in [-0.05, 0) is 24.6 Å². The molecule has 0 saturated carbocycles. The van der Waals surface area contributed by atoms with Gasteiger partial charge in [-0.2, -0.15) is 0 Å². The molecule has 0 aliphatic carbocycles. The van der Waals surface area contributed by atoms with Crippen molar-refractivity contribution in [2.75, 3.05) is 25.6 Å². The van der Waals surface area contributed by atoms with Crippen molar-refractivity contribution in [2.45, 2.75) is 20.8 Å². The Morgan fingerprint density at radius 1 is 1.33 bits per heavy atom. The highest BCUT2D eigenvalue weighted by atomic mass is 19.1. The molecule has 1 aromatic carbocycles. The summed E-state index contributed by atoms with van der Waals surface area (Å²) in [4.78, 5) is 0. The van der Waals surface area contributed by atoms with Crippen LogP contribution in [0.25, 0.3) is 0 Å². The van der Waals surface area contributed by atoms with Crippen molar-refractivity contribution in [1.82, 2.24) is 0 Å². The number of hydrogen-bond acceptors (Lipinski definition) is 2. The summed E-state index contributed by atoms with van der Waals surface area (Å²) in [5.74, 6) is -0.217. The zero-order valence-electron chi connectivity index (χ0n) is 9.93. The van der Waals surface area contributed by atoms with Crippen LogP contribution in [-0.4, -0.2) is 20.3 Å². The van der Waals surface area contributed by atoms with Crippen LogP contribution in [-0.2, 0) is 4.74 Å². The number of ether oxygens (including phenoxy) is 1. The fraction of sp³-hybridized carbons (Fsp3) is 0.500. The van der Waals surface area contributed by atoms with Crippen molar-refractivity contribution in [3.8, 4) is 0 Å². The van der Waals surface area contributed by atoms with E-state index in [0.717, 1.165) is 11.3 Å². The predicted octanol–water partition coefficient (Wildman–Crippen LogP) is 3.22. The first-order chi connectivity index (χ1) is 7.24. The van der Waals surface area contributed by atoms with E-state index in [0.29, 0.717) is 13.2 Å². The maximum Gasteiger partial charge on any atom is 0.125 e. The lowest BCUT2D eigenvalue weighted by atomic mass is 10.2. The molecule has 0 aliphatic rings. The molecule has 0 aliphatic heterocycles. The second kappa shape index (κ2) is 8.24. The fourth-order valence-electron chi connectivity index (χ4n) is 1.07. The molecule has 0 fully saturated rings. The monoisotopic (exact) mass is 213 g/mol. The van der Waals surface area contributed by atoms with E-state index < -0.39 is 0 Å². The molecule has 0 amide bonds. The van der Waals surface area contributed by atoms with Crippen LogP contribution >= 0.6 is 0 Å². The Morgan fingerprint density at radius 2 is 2.00 bits per heavy atom. The fourth-order valence-corrected chi connectivity index (χ4v) is 1.07. The van der Waals surface area contributed by atoms with Crippen LogP contribution in [0.2, 0.25) is 0 Å². The molecule has 15 heavy (non-hydrogen) atoms. The first-order valence-corrected chi connectivity index (χ1v) is 5.23. The molecule has 1 rings (SSSR count). The number of methoxy groups -OCH3 is 1. The Balaban J connectivity index is 0.000000921. The molecule has 86 valence electrons. The summed E-state index contributed by atoms with van der Waals surface area (Å²) in [6.07, 6.45) is 0. The Morgan fingerprint density at radius 3 is 2.60 bits per heavy atom. The summed E-state index contributed by atoms with van der Waals surface area (Å²) >= 11 is 0. The zero-order chi connectivity index (χ0) is 11.7. The van der Waals surface area contributed by atoms with Gasteiger partial charge in [0.05, 0.1) is 6.61 Å². The standard InChI is InChI=1S/C10H14FNO.C2H6/c1-8-3-4-9(11)7-10(8)12-5-6-13-2;1-2/h3-4,7,12H,5-6H2,1-2H3;1-2H3. The van der Waals surface area contributed by atoms with Crippen molar-refractivity contribution in [3.63, 3.8) is 0 Å². The van der Waals surface area contributed by atoms with E-state index >= 15 is 0 Å². The largest absolute Gasteiger partial charge is 0.383 e. The highest BCUT2D eigenvalue weighted by Gasteiger charge is 1.98. The second-order valence-corrected chi connectivity index (χ2v) is 2.88. The summed E-state index contributed by atoms with van der Waals surface area (Å²) in [6, 6.07) is 4.70. The number of halogens is 1. The maximum atomic E-state index is 12.8. The topological polar surface area (TPSA) is 21.3 Å². The molecule has 0 atom stereocenters. The van der Waals surface area contributed by atoms with Crippen LogP contribution < -0.4 is 5.32 Å². The highest BCUT2D eigenvalue weighted by Crippen LogP contribution is 2.15. The molecule has 0 heterocycles. The lowest BCUT2D eigenvalue weighted by molar-refractivity contribution is 0.211. The van der Waals surface area contributed by atoms with E-state index in [2.05, 4.69) is 5.32 Å². The molecule has 3 heteroatoms. The average molecular weight is 213 g/mol. The third-order valence-corrected chi connectivity index (χ3v) is 1.82. The normalized spacial score (nSPS) is 9.13. The lowest BCUT2D eigenvalue weighted by Crippen LogP contribution is -2.08. The lowest BCUT2D eigenvalue weighted by Gasteiger charge is -2.08.